The van der Waals surface area contributed by atoms with Crippen molar-refractivity contribution in [2.45, 2.75) is 6.92 Å². The average Bonchev–Trinajstić information content (AvgIpc) is 2.74. The zero-order valence-electron chi connectivity index (χ0n) is 9.84. The number of carbonyl (C=O) groups excluding carboxylic acids is 1. The lowest BCUT2D eigenvalue weighted by Crippen LogP contribution is -2.04. The summed E-state index contributed by atoms with van der Waals surface area (Å²) in [5, 5.41) is 1.42. The summed E-state index contributed by atoms with van der Waals surface area (Å²) in [5.41, 5.74) is 0.993. The molecule has 0 radical (unpaired) electrons. The molecule has 18 heavy (non-hydrogen) atoms. The topological polar surface area (TPSA) is 51.3 Å². The van der Waals surface area contributed by atoms with Gasteiger partial charge in [-0.1, -0.05) is 23.2 Å². The number of rotatable bonds is 3. The molecule has 0 amide bonds. The highest BCUT2D eigenvalue weighted by Crippen LogP contribution is 2.39. The predicted molar refractivity (Wildman–Crippen MR) is 70.8 cm³/mol. The molecule has 0 spiro atoms. The van der Waals surface area contributed by atoms with Gasteiger partial charge in [-0.15, -0.1) is 0 Å². The first-order valence-electron chi connectivity index (χ1n) is 5.30. The number of hydrogen-bond acceptors (Lipinski definition) is 3. The second kappa shape index (κ2) is 5.08. The van der Waals surface area contributed by atoms with Gasteiger partial charge in [0.1, 0.15) is 5.69 Å². The lowest BCUT2D eigenvalue weighted by molar-refractivity contribution is 0.0520. The summed E-state index contributed by atoms with van der Waals surface area (Å²) < 4.78 is 10.0. The number of hydrogen-bond donors (Lipinski definition) is 1. The van der Waals surface area contributed by atoms with E-state index >= 15 is 0 Å². The number of fused-ring (bicyclic) bond motifs is 1. The Kier molecular flexibility index (Phi) is 3.68. The van der Waals surface area contributed by atoms with Crippen molar-refractivity contribution in [1.82, 2.24) is 4.98 Å². The van der Waals surface area contributed by atoms with Crippen LogP contribution in [0.5, 0.6) is 5.75 Å². The molecule has 0 fully saturated rings. The van der Waals surface area contributed by atoms with Crippen LogP contribution in [0.25, 0.3) is 10.9 Å². The summed E-state index contributed by atoms with van der Waals surface area (Å²) in [6.45, 7) is 2.05. The van der Waals surface area contributed by atoms with E-state index < -0.39 is 5.97 Å². The molecule has 0 saturated heterocycles. The van der Waals surface area contributed by atoms with E-state index in [-0.39, 0.29) is 0 Å². The third-order valence-corrected chi connectivity index (χ3v) is 3.13. The van der Waals surface area contributed by atoms with Crippen LogP contribution in [0.2, 0.25) is 10.0 Å². The molecule has 1 heterocycles. The lowest BCUT2D eigenvalue weighted by atomic mass is 10.2. The van der Waals surface area contributed by atoms with Crippen molar-refractivity contribution in [2.24, 2.45) is 0 Å². The van der Waals surface area contributed by atoms with Gasteiger partial charge in [0, 0.05) is 10.9 Å². The van der Waals surface area contributed by atoms with Gasteiger partial charge in [-0.2, -0.15) is 0 Å². The number of esters is 1. The van der Waals surface area contributed by atoms with Gasteiger partial charge in [0.15, 0.2) is 5.75 Å². The summed E-state index contributed by atoms with van der Waals surface area (Å²) in [4.78, 5) is 14.5. The molecular formula is C12H11Cl2NO3. The van der Waals surface area contributed by atoms with Crippen LogP contribution in [0.1, 0.15) is 17.4 Å². The van der Waals surface area contributed by atoms with Gasteiger partial charge in [0.05, 0.1) is 23.8 Å². The first-order chi connectivity index (χ1) is 8.58. The van der Waals surface area contributed by atoms with Crippen LogP contribution in [-0.2, 0) is 4.74 Å². The molecule has 6 heteroatoms. The van der Waals surface area contributed by atoms with Gasteiger partial charge >= 0.3 is 5.97 Å². The number of nitrogens with one attached hydrogen (secondary N) is 1. The third kappa shape index (κ3) is 2.13. The molecule has 4 nitrogen and oxygen atoms in total. The standard InChI is InChI=1S/C12H11Cl2NO3/c1-3-18-12(16)9-4-6-8(15-9)5-7(13)11(17-2)10(6)14/h4-5,15H,3H2,1-2H3. The van der Waals surface area contributed by atoms with Gasteiger partial charge in [-0.25, -0.2) is 4.79 Å². The number of carbonyl (C=O) groups is 1. The molecule has 0 aliphatic heterocycles. The first-order valence-corrected chi connectivity index (χ1v) is 6.05. The van der Waals surface area contributed by atoms with Crippen molar-refractivity contribution in [3.8, 4) is 5.75 Å². The minimum absolute atomic E-state index is 0.312. The highest BCUT2D eigenvalue weighted by Gasteiger charge is 2.16. The second-order valence-electron chi connectivity index (χ2n) is 3.57. The molecule has 0 aliphatic rings. The van der Waals surface area contributed by atoms with E-state index in [1.165, 1.54) is 7.11 Å². The SMILES string of the molecule is CCOC(=O)c1cc2c(Cl)c(OC)c(Cl)cc2[nH]1. The second-order valence-corrected chi connectivity index (χ2v) is 4.36. The highest BCUT2D eigenvalue weighted by atomic mass is 35.5. The summed E-state index contributed by atoms with van der Waals surface area (Å²) in [6.07, 6.45) is 0. The van der Waals surface area contributed by atoms with Crippen LogP contribution in [0, 0.1) is 0 Å². The van der Waals surface area contributed by atoms with E-state index in [0.29, 0.717) is 39.0 Å². The maximum absolute atomic E-state index is 11.6. The van der Waals surface area contributed by atoms with Gasteiger partial charge in [0.2, 0.25) is 0 Å². The molecule has 0 bridgehead atoms. The Labute approximate surface area is 114 Å². The molecule has 1 N–H and O–H groups in total. The molecule has 0 unspecified atom stereocenters. The van der Waals surface area contributed by atoms with E-state index in [4.69, 9.17) is 32.7 Å². The van der Waals surface area contributed by atoms with E-state index in [1.807, 2.05) is 0 Å². The Hall–Kier alpha value is -1.39. The average molecular weight is 288 g/mol. The number of benzene rings is 1. The fourth-order valence-corrected chi connectivity index (χ4v) is 2.36. The number of aromatic nitrogens is 1. The fourth-order valence-electron chi connectivity index (χ4n) is 1.69. The largest absolute Gasteiger partial charge is 0.494 e. The number of H-pyrrole nitrogens is 1. The van der Waals surface area contributed by atoms with Crippen molar-refractivity contribution >= 4 is 40.1 Å². The van der Waals surface area contributed by atoms with Crippen molar-refractivity contribution in [3.63, 3.8) is 0 Å². The summed E-state index contributed by atoms with van der Waals surface area (Å²) in [6, 6.07) is 3.28. The quantitative estimate of drug-likeness (QED) is 0.877. The van der Waals surface area contributed by atoms with Crippen molar-refractivity contribution < 1.29 is 14.3 Å². The number of halogens is 2. The summed E-state index contributed by atoms with van der Waals surface area (Å²) in [5.74, 6) is -0.0416. The van der Waals surface area contributed by atoms with Gasteiger partial charge < -0.3 is 14.5 Å². The van der Waals surface area contributed by atoms with Crippen molar-refractivity contribution in [1.29, 1.82) is 0 Å². The summed E-state index contributed by atoms with van der Waals surface area (Å²) in [7, 11) is 1.48. The van der Waals surface area contributed by atoms with Crippen molar-refractivity contribution in [3.05, 3.63) is 27.9 Å². The van der Waals surface area contributed by atoms with Gasteiger partial charge in [0.25, 0.3) is 0 Å². The molecule has 2 aromatic rings. The van der Waals surface area contributed by atoms with Crippen LogP contribution in [0.15, 0.2) is 12.1 Å². The molecule has 1 aromatic carbocycles. The van der Waals surface area contributed by atoms with Crippen LogP contribution in [0.3, 0.4) is 0 Å². The Bertz CT molecular complexity index is 607. The number of methoxy groups -OCH3 is 1. The Morgan fingerprint density at radius 2 is 2.11 bits per heavy atom. The first kappa shape index (κ1) is 13.1. The van der Waals surface area contributed by atoms with E-state index in [9.17, 15) is 4.79 Å². The smallest absolute Gasteiger partial charge is 0.354 e. The molecule has 0 atom stereocenters. The normalized spacial score (nSPS) is 10.7. The Morgan fingerprint density at radius 3 is 2.72 bits per heavy atom. The number of aromatic amines is 1. The summed E-state index contributed by atoms with van der Waals surface area (Å²) >= 11 is 12.2. The van der Waals surface area contributed by atoms with Crippen LogP contribution in [-0.4, -0.2) is 24.7 Å². The van der Waals surface area contributed by atoms with Gasteiger partial charge in [-0.05, 0) is 19.1 Å². The monoisotopic (exact) mass is 287 g/mol. The third-order valence-electron chi connectivity index (χ3n) is 2.47. The van der Waals surface area contributed by atoms with Crippen molar-refractivity contribution in [2.75, 3.05) is 13.7 Å². The molecule has 0 saturated carbocycles. The highest BCUT2D eigenvalue weighted by molar-refractivity contribution is 6.41. The van der Waals surface area contributed by atoms with E-state index in [0.717, 1.165) is 0 Å². The van der Waals surface area contributed by atoms with Crippen LogP contribution >= 0.6 is 23.2 Å². The van der Waals surface area contributed by atoms with E-state index in [2.05, 4.69) is 4.98 Å². The maximum Gasteiger partial charge on any atom is 0.354 e. The Balaban J connectivity index is 2.58. The van der Waals surface area contributed by atoms with E-state index in [1.54, 1.807) is 19.1 Å². The molecular weight excluding hydrogens is 277 g/mol. The molecule has 0 aliphatic carbocycles. The molecule has 96 valence electrons. The minimum Gasteiger partial charge on any atom is -0.494 e. The van der Waals surface area contributed by atoms with Crippen LogP contribution in [0.4, 0.5) is 0 Å². The fraction of sp³-hybridized carbons (Fsp3) is 0.250. The zero-order chi connectivity index (χ0) is 13.3. The van der Waals surface area contributed by atoms with Crippen LogP contribution < -0.4 is 4.74 Å². The number of ether oxygens (including phenoxy) is 2. The minimum atomic E-state index is -0.431. The van der Waals surface area contributed by atoms with Gasteiger partial charge in [-0.3, -0.25) is 0 Å². The molecule has 1 aromatic heterocycles. The predicted octanol–water partition coefficient (Wildman–Crippen LogP) is 3.66. The zero-order valence-corrected chi connectivity index (χ0v) is 11.4. The lowest BCUT2D eigenvalue weighted by Gasteiger charge is -2.05. The molecule has 2 rings (SSSR count). The maximum atomic E-state index is 11.6. The Morgan fingerprint density at radius 1 is 1.39 bits per heavy atom.